The van der Waals surface area contributed by atoms with E-state index in [2.05, 4.69) is 10.9 Å². The van der Waals surface area contributed by atoms with Crippen molar-refractivity contribution in [2.45, 2.75) is 32.1 Å². The number of carbonyl (C=O) groups excluding carboxylic acids is 2. The highest BCUT2D eigenvalue weighted by atomic mass is 16.5. The number of amides is 2. The number of unbranched alkanes of at least 4 members (excludes halogenated alkanes) is 3. The highest BCUT2D eigenvalue weighted by Gasteiger charge is 2.31. The molecular formula is C27H30N4O4. The van der Waals surface area contributed by atoms with Gasteiger partial charge in [0.15, 0.2) is 5.69 Å². The molecule has 35 heavy (non-hydrogen) atoms. The maximum atomic E-state index is 12.5. The van der Waals surface area contributed by atoms with Crippen molar-refractivity contribution in [2.24, 2.45) is 0 Å². The van der Waals surface area contributed by atoms with Crippen molar-refractivity contribution in [1.29, 1.82) is 5.26 Å². The molecule has 8 heteroatoms. The first-order valence-corrected chi connectivity index (χ1v) is 11.9. The quantitative estimate of drug-likeness (QED) is 0.247. The van der Waals surface area contributed by atoms with Gasteiger partial charge in [-0.1, -0.05) is 25.0 Å². The lowest BCUT2D eigenvalue weighted by Gasteiger charge is -2.33. The molecule has 0 aromatic heterocycles. The summed E-state index contributed by atoms with van der Waals surface area (Å²) in [5, 5.41) is 8.81. The van der Waals surface area contributed by atoms with E-state index in [9.17, 15) is 9.59 Å². The van der Waals surface area contributed by atoms with E-state index in [1.165, 1.54) is 0 Å². The molecule has 0 N–H and O–H groups in total. The number of piperazine rings is 1. The Kier molecular flexibility index (Phi) is 9.95. The highest BCUT2D eigenvalue weighted by molar-refractivity contribution is 6.35. The average Bonchev–Trinajstić information content (AvgIpc) is 2.90. The summed E-state index contributed by atoms with van der Waals surface area (Å²) in [6.45, 7) is 10.2. The summed E-state index contributed by atoms with van der Waals surface area (Å²) in [5.41, 5.74) is 1.17. The van der Waals surface area contributed by atoms with E-state index >= 15 is 0 Å². The van der Waals surface area contributed by atoms with Crippen LogP contribution >= 0.6 is 0 Å². The molecule has 182 valence electrons. The second kappa shape index (κ2) is 13.6. The first kappa shape index (κ1) is 25.6. The van der Waals surface area contributed by atoms with Crippen molar-refractivity contribution in [3.8, 4) is 17.6 Å². The van der Waals surface area contributed by atoms with Gasteiger partial charge in [-0.3, -0.25) is 9.59 Å². The van der Waals surface area contributed by atoms with Gasteiger partial charge in [-0.15, -0.1) is 0 Å². The number of ether oxygens (including phenoxy) is 2. The molecule has 1 saturated heterocycles. The molecule has 2 amide bonds. The normalized spacial score (nSPS) is 13.3. The summed E-state index contributed by atoms with van der Waals surface area (Å²) in [6, 6.07) is 16.1. The molecule has 0 aliphatic carbocycles. The Morgan fingerprint density at radius 1 is 0.771 bits per heavy atom. The number of nitrogens with zero attached hydrogens (tertiary/aromatic N) is 4. The van der Waals surface area contributed by atoms with Crippen molar-refractivity contribution >= 4 is 17.5 Å². The van der Waals surface area contributed by atoms with Crippen molar-refractivity contribution in [3.05, 3.63) is 65.5 Å². The van der Waals surface area contributed by atoms with E-state index < -0.39 is 11.8 Å². The van der Waals surface area contributed by atoms with Crippen LogP contribution in [0.2, 0.25) is 0 Å². The van der Waals surface area contributed by atoms with Gasteiger partial charge in [0.1, 0.15) is 11.5 Å². The molecule has 0 bridgehead atoms. The van der Waals surface area contributed by atoms with Gasteiger partial charge < -0.3 is 19.3 Å². The van der Waals surface area contributed by atoms with Crippen LogP contribution in [0, 0.1) is 17.9 Å². The lowest BCUT2D eigenvalue weighted by atomic mass is 10.1. The summed E-state index contributed by atoms with van der Waals surface area (Å²) in [6.07, 6.45) is 4.35. The molecule has 0 saturated carbocycles. The summed E-state index contributed by atoms with van der Waals surface area (Å²) < 4.78 is 11.3. The topological polar surface area (TPSA) is 87.2 Å². The smallest absolute Gasteiger partial charge is 0.312 e. The summed E-state index contributed by atoms with van der Waals surface area (Å²) in [5.74, 6) is 0.586. The zero-order chi connectivity index (χ0) is 24.9. The van der Waals surface area contributed by atoms with Crippen molar-refractivity contribution < 1.29 is 19.1 Å². The predicted molar refractivity (Wildman–Crippen MR) is 131 cm³/mol. The first-order chi connectivity index (χ1) is 17.1. The van der Waals surface area contributed by atoms with E-state index in [-0.39, 0.29) is 0 Å². The van der Waals surface area contributed by atoms with Crippen molar-refractivity contribution in [1.82, 2.24) is 9.80 Å². The van der Waals surface area contributed by atoms with Crippen LogP contribution in [0.1, 0.15) is 37.7 Å². The number of hydrogen-bond donors (Lipinski definition) is 0. The van der Waals surface area contributed by atoms with Gasteiger partial charge >= 0.3 is 11.8 Å². The number of nitriles is 1. The van der Waals surface area contributed by atoms with Crippen LogP contribution in [0.4, 0.5) is 5.69 Å². The van der Waals surface area contributed by atoms with Crippen LogP contribution in [0.3, 0.4) is 0 Å². The van der Waals surface area contributed by atoms with Gasteiger partial charge in [0.25, 0.3) is 0 Å². The number of carbonyl (C=O) groups is 2. The van der Waals surface area contributed by atoms with Gasteiger partial charge in [-0.25, -0.2) is 4.85 Å². The molecule has 1 heterocycles. The van der Waals surface area contributed by atoms with E-state index in [1.807, 2.05) is 0 Å². The zero-order valence-corrected chi connectivity index (χ0v) is 19.8. The van der Waals surface area contributed by atoms with Crippen LogP contribution in [0.5, 0.6) is 11.5 Å². The third kappa shape index (κ3) is 8.04. The molecule has 2 aromatic rings. The molecule has 0 radical (unpaired) electrons. The minimum absolute atomic E-state index is 0.420. The predicted octanol–water partition coefficient (Wildman–Crippen LogP) is 4.19. The average molecular weight is 475 g/mol. The molecule has 3 rings (SSSR count). The second-order valence-electron chi connectivity index (χ2n) is 8.29. The minimum Gasteiger partial charge on any atom is -0.494 e. The Balaban J connectivity index is 1.24. The Hall–Kier alpha value is -4.04. The van der Waals surface area contributed by atoms with E-state index in [1.54, 1.807) is 58.3 Å². The maximum absolute atomic E-state index is 12.5. The molecule has 8 nitrogen and oxygen atoms in total. The van der Waals surface area contributed by atoms with Gasteiger partial charge in [-0.2, -0.15) is 5.26 Å². The van der Waals surface area contributed by atoms with Gasteiger partial charge in [0.2, 0.25) is 0 Å². The maximum Gasteiger partial charge on any atom is 0.312 e. The van der Waals surface area contributed by atoms with Crippen molar-refractivity contribution in [2.75, 3.05) is 39.4 Å². The van der Waals surface area contributed by atoms with Crippen LogP contribution < -0.4 is 9.47 Å². The number of rotatable bonds is 13. The van der Waals surface area contributed by atoms with Crippen LogP contribution in [0.25, 0.3) is 4.85 Å². The standard InChI is InChI=1S/C27H30N4O4/c1-29-23-9-13-25(14-10-23)35-20-6-16-31-18-17-30(26(32)27(31)33)15-4-2-3-5-19-34-24-11-7-22(21-28)8-12-24/h7-14H,2-6,15-20H2. The third-order valence-corrected chi connectivity index (χ3v) is 5.78. The first-order valence-electron chi connectivity index (χ1n) is 11.9. The fourth-order valence-electron chi connectivity index (χ4n) is 3.78. The van der Waals surface area contributed by atoms with E-state index in [0.29, 0.717) is 62.8 Å². The Labute approximate surface area is 206 Å². The highest BCUT2D eigenvalue weighted by Crippen LogP contribution is 2.18. The number of hydrogen-bond acceptors (Lipinski definition) is 5. The fourth-order valence-corrected chi connectivity index (χ4v) is 3.78. The van der Waals surface area contributed by atoms with Crippen LogP contribution in [-0.4, -0.2) is 61.0 Å². The van der Waals surface area contributed by atoms with Gasteiger partial charge in [0.05, 0.1) is 31.4 Å². The monoisotopic (exact) mass is 474 g/mol. The van der Waals surface area contributed by atoms with Gasteiger partial charge in [0, 0.05) is 26.2 Å². The SMILES string of the molecule is [C-]#[N+]c1ccc(OCCCN2CCN(CCCCCCOc3ccc(C#N)cc3)C(=O)C2=O)cc1. The Morgan fingerprint density at radius 2 is 1.29 bits per heavy atom. The molecule has 0 unspecified atom stereocenters. The minimum atomic E-state index is -0.437. The molecule has 0 spiro atoms. The lowest BCUT2D eigenvalue weighted by molar-refractivity contribution is -0.156. The van der Waals surface area contributed by atoms with E-state index in [4.69, 9.17) is 21.3 Å². The zero-order valence-electron chi connectivity index (χ0n) is 19.8. The molecule has 2 aromatic carbocycles. The molecule has 1 aliphatic heterocycles. The molecule has 1 fully saturated rings. The van der Waals surface area contributed by atoms with Gasteiger partial charge in [-0.05, 0) is 55.7 Å². The third-order valence-electron chi connectivity index (χ3n) is 5.78. The Morgan fingerprint density at radius 3 is 1.86 bits per heavy atom. The Bertz CT molecular complexity index is 1050. The molecule has 1 aliphatic rings. The van der Waals surface area contributed by atoms with Crippen LogP contribution in [-0.2, 0) is 9.59 Å². The number of benzene rings is 2. The second-order valence-corrected chi connectivity index (χ2v) is 8.29. The van der Waals surface area contributed by atoms with Crippen LogP contribution in [0.15, 0.2) is 48.5 Å². The van der Waals surface area contributed by atoms with E-state index in [0.717, 1.165) is 31.4 Å². The summed E-state index contributed by atoms with van der Waals surface area (Å²) in [7, 11) is 0. The fraction of sp³-hybridized carbons (Fsp3) is 0.407. The largest absolute Gasteiger partial charge is 0.494 e. The van der Waals surface area contributed by atoms with Crippen molar-refractivity contribution in [3.63, 3.8) is 0 Å². The lowest BCUT2D eigenvalue weighted by Crippen LogP contribution is -2.54. The molecule has 0 atom stereocenters. The summed E-state index contributed by atoms with van der Waals surface area (Å²) >= 11 is 0. The molecular weight excluding hydrogens is 444 g/mol. The summed E-state index contributed by atoms with van der Waals surface area (Å²) in [4.78, 5) is 31.5.